The van der Waals surface area contributed by atoms with E-state index >= 15 is 0 Å². The van der Waals surface area contributed by atoms with Crippen LogP contribution in [0.1, 0.15) is 29.5 Å². The summed E-state index contributed by atoms with van der Waals surface area (Å²) in [6, 6.07) is 7.54. The molecular weight excluding hydrogens is 270 g/mol. The Kier molecular flexibility index (Phi) is 3.69. The molecule has 1 N–H and O–H groups in total. The molecule has 1 aromatic carbocycles. The fraction of sp³-hybridized carbons (Fsp3) is 0.438. The normalized spacial score (nSPS) is 22.2. The van der Waals surface area contributed by atoms with Crippen molar-refractivity contribution in [3.8, 4) is 0 Å². The first-order valence-electron chi connectivity index (χ1n) is 7.13. The molecule has 21 heavy (non-hydrogen) atoms. The van der Waals surface area contributed by atoms with Crippen molar-refractivity contribution >= 4 is 16.9 Å². The van der Waals surface area contributed by atoms with Gasteiger partial charge in [-0.1, -0.05) is 18.2 Å². The highest BCUT2D eigenvalue weighted by molar-refractivity contribution is 6.03. The number of likely N-dealkylation sites (N-methyl/N-ethyl adjacent to an activating group) is 1. The monoisotopic (exact) mass is 289 g/mol. The standard InChI is InChI=1S/C16H19NO4/c1-10-12(7-8-20-10)17(2)9-14-15(16(18)19)11-5-3-4-6-13(11)21-14/h3-6,10,12H,7-9H2,1-2H3,(H,18,19). The van der Waals surface area contributed by atoms with E-state index < -0.39 is 5.97 Å². The Balaban J connectivity index is 1.93. The molecule has 2 unspecified atom stereocenters. The minimum atomic E-state index is -0.945. The lowest BCUT2D eigenvalue weighted by atomic mass is 10.1. The van der Waals surface area contributed by atoms with Gasteiger partial charge in [-0.15, -0.1) is 0 Å². The molecule has 5 nitrogen and oxygen atoms in total. The van der Waals surface area contributed by atoms with Crippen LogP contribution in [0.15, 0.2) is 28.7 Å². The van der Waals surface area contributed by atoms with E-state index in [1.165, 1.54) is 0 Å². The number of hydrogen-bond acceptors (Lipinski definition) is 4. The van der Waals surface area contributed by atoms with Gasteiger partial charge >= 0.3 is 5.97 Å². The average molecular weight is 289 g/mol. The number of ether oxygens (including phenoxy) is 1. The molecule has 0 radical (unpaired) electrons. The molecule has 1 saturated heterocycles. The summed E-state index contributed by atoms with van der Waals surface area (Å²) in [6.45, 7) is 3.27. The zero-order valence-corrected chi connectivity index (χ0v) is 12.2. The summed E-state index contributed by atoms with van der Waals surface area (Å²) in [5, 5.41) is 10.1. The number of rotatable bonds is 4. The van der Waals surface area contributed by atoms with Crippen LogP contribution in [0.5, 0.6) is 0 Å². The fourth-order valence-corrected chi connectivity index (χ4v) is 3.08. The van der Waals surface area contributed by atoms with E-state index in [1.54, 1.807) is 12.1 Å². The number of nitrogens with zero attached hydrogens (tertiary/aromatic N) is 1. The van der Waals surface area contributed by atoms with E-state index in [-0.39, 0.29) is 11.7 Å². The Hall–Kier alpha value is -1.85. The minimum absolute atomic E-state index is 0.160. The van der Waals surface area contributed by atoms with E-state index in [0.29, 0.717) is 29.3 Å². The van der Waals surface area contributed by atoms with Crippen LogP contribution in [0.4, 0.5) is 0 Å². The van der Waals surface area contributed by atoms with Gasteiger partial charge in [0.05, 0.1) is 12.6 Å². The van der Waals surface area contributed by atoms with Gasteiger partial charge in [-0.05, 0) is 26.5 Å². The summed E-state index contributed by atoms with van der Waals surface area (Å²) >= 11 is 0. The van der Waals surface area contributed by atoms with E-state index in [2.05, 4.69) is 4.90 Å². The highest BCUT2D eigenvalue weighted by Gasteiger charge is 2.30. The number of carboxylic acids is 1. The Bertz CT molecular complexity index is 663. The van der Waals surface area contributed by atoms with Crippen LogP contribution < -0.4 is 0 Å². The summed E-state index contributed by atoms with van der Waals surface area (Å²) < 4.78 is 11.3. The number of fused-ring (bicyclic) bond motifs is 1. The molecule has 2 heterocycles. The van der Waals surface area contributed by atoms with Gasteiger partial charge in [-0.25, -0.2) is 4.79 Å². The molecule has 1 aliphatic heterocycles. The first kappa shape index (κ1) is 14.1. The highest BCUT2D eigenvalue weighted by Crippen LogP contribution is 2.28. The predicted octanol–water partition coefficient (Wildman–Crippen LogP) is 2.74. The number of furan rings is 1. The van der Waals surface area contributed by atoms with Gasteiger partial charge in [0.25, 0.3) is 0 Å². The lowest BCUT2D eigenvalue weighted by Gasteiger charge is -2.25. The molecule has 5 heteroatoms. The fourth-order valence-electron chi connectivity index (χ4n) is 3.08. The van der Waals surface area contributed by atoms with Crippen molar-refractivity contribution in [2.24, 2.45) is 0 Å². The van der Waals surface area contributed by atoms with Crippen molar-refractivity contribution in [3.05, 3.63) is 35.6 Å². The number of aromatic carboxylic acids is 1. The van der Waals surface area contributed by atoms with E-state index in [1.807, 2.05) is 26.1 Å². The van der Waals surface area contributed by atoms with Gasteiger partial charge in [0.1, 0.15) is 16.9 Å². The second-order valence-electron chi connectivity index (χ2n) is 5.55. The maximum atomic E-state index is 11.6. The van der Waals surface area contributed by atoms with E-state index in [0.717, 1.165) is 13.0 Å². The SMILES string of the molecule is CC1OCCC1N(C)Cc1oc2ccccc2c1C(=O)O. The topological polar surface area (TPSA) is 62.9 Å². The number of carboxylic acid groups (broad SMARTS) is 1. The number of benzene rings is 1. The third-order valence-electron chi connectivity index (χ3n) is 4.18. The molecule has 1 fully saturated rings. The van der Waals surface area contributed by atoms with Gasteiger partial charge in [-0.3, -0.25) is 4.90 Å². The van der Waals surface area contributed by atoms with Crippen LogP contribution in [0.25, 0.3) is 11.0 Å². The predicted molar refractivity (Wildman–Crippen MR) is 78.5 cm³/mol. The van der Waals surface area contributed by atoms with Gasteiger partial charge in [0, 0.05) is 18.0 Å². The molecule has 0 amide bonds. The lowest BCUT2D eigenvalue weighted by Crippen LogP contribution is -2.36. The van der Waals surface area contributed by atoms with Crippen molar-refractivity contribution < 1.29 is 19.1 Å². The van der Waals surface area contributed by atoms with Gasteiger partial charge in [0.15, 0.2) is 0 Å². The molecule has 112 valence electrons. The smallest absolute Gasteiger partial charge is 0.339 e. The maximum absolute atomic E-state index is 11.6. The van der Waals surface area contributed by atoms with Crippen molar-refractivity contribution in [1.29, 1.82) is 0 Å². The van der Waals surface area contributed by atoms with E-state index in [4.69, 9.17) is 9.15 Å². The summed E-state index contributed by atoms with van der Waals surface area (Å²) in [5.41, 5.74) is 0.887. The number of hydrogen-bond donors (Lipinski definition) is 1. The molecule has 0 spiro atoms. The summed E-state index contributed by atoms with van der Waals surface area (Å²) in [4.78, 5) is 13.7. The number of para-hydroxylation sites is 1. The van der Waals surface area contributed by atoms with Crippen LogP contribution in [0, 0.1) is 0 Å². The zero-order chi connectivity index (χ0) is 15.0. The molecule has 0 bridgehead atoms. The van der Waals surface area contributed by atoms with Crippen LogP contribution in [-0.4, -0.2) is 41.8 Å². The molecule has 1 aromatic heterocycles. The van der Waals surface area contributed by atoms with Crippen LogP contribution in [-0.2, 0) is 11.3 Å². The first-order valence-corrected chi connectivity index (χ1v) is 7.13. The quantitative estimate of drug-likeness (QED) is 0.937. The highest BCUT2D eigenvalue weighted by atomic mass is 16.5. The van der Waals surface area contributed by atoms with Crippen molar-refractivity contribution in [2.45, 2.75) is 32.0 Å². The van der Waals surface area contributed by atoms with E-state index in [9.17, 15) is 9.90 Å². The molecule has 1 aliphatic rings. The molecule has 0 saturated carbocycles. The summed E-state index contributed by atoms with van der Waals surface area (Å²) in [6.07, 6.45) is 1.12. The van der Waals surface area contributed by atoms with Gasteiger partial charge < -0.3 is 14.3 Å². The lowest BCUT2D eigenvalue weighted by molar-refractivity contribution is 0.0687. The minimum Gasteiger partial charge on any atom is -0.478 e. The third kappa shape index (κ3) is 2.54. The van der Waals surface area contributed by atoms with Gasteiger partial charge in [0.2, 0.25) is 0 Å². The Morgan fingerprint density at radius 1 is 1.43 bits per heavy atom. The van der Waals surface area contributed by atoms with Crippen molar-refractivity contribution in [3.63, 3.8) is 0 Å². The second-order valence-corrected chi connectivity index (χ2v) is 5.55. The van der Waals surface area contributed by atoms with Crippen LogP contribution in [0.3, 0.4) is 0 Å². The molecular formula is C16H19NO4. The average Bonchev–Trinajstić information content (AvgIpc) is 3.01. The third-order valence-corrected chi connectivity index (χ3v) is 4.18. The summed E-state index contributed by atoms with van der Waals surface area (Å²) in [7, 11) is 1.98. The Morgan fingerprint density at radius 3 is 2.86 bits per heavy atom. The molecule has 3 rings (SSSR count). The summed E-state index contributed by atoms with van der Waals surface area (Å²) in [5.74, 6) is -0.440. The zero-order valence-electron chi connectivity index (χ0n) is 12.2. The van der Waals surface area contributed by atoms with Crippen LogP contribution in [0.2, 0.25) is 0 Å². The largest absolute Gasteiger partial charge is 0.478 e. The second kappa shape index (κ2) is 5.50. The molecule has 2 atom stereocenters. The maximum Gasteiger partial charge on any atom is 0.339 e. The first-order chi connectivity index (χ1) is 10.1. The molecule has 0 aliphatic carbocycles. The van der Waals surface area contributed by atoms with Crippen LogP contribution >= 0.6 is 0 Å². The Labute approximate surface area is 123 Å². The van der Waals surface area contributed by atoms with Crippen molar-refractivity contribution in [1.82, 2.24) is 4.90 Å². The number of carbonyl (C=O) groups is 1. The Morgan fingerprint density at radius 2 is 2.19 bits per heavy atom. The van der Waals surface area contributed by atoms with Crippen molar-refractivity contribution in [2.75, 3.05) is 13.7 Å². The molecule has 2 aromatic rings. The van der Waals surface area contributed by atoms with Gasteiger partial charge in [-0.2, -0.15) is 0 Å².